The molecule has 0 atom stereocenters. The van der Waals surface area contributed by atoms with Gasteiger partial charge in [-0.15, -0.1) is 0 Å². The van der Waals surface area contributed by atoms with Crippen molar-refractivity contribution in [3.05, 3.63) is 29.6 Å². The summed E-state index contributed by atoms with van der Waals surface area (Å²) >= 11 is 0. The van der Waals surface area contributed by atoms with E-state index in [1.54, 1.807) is 6.07 Å². The van der Waals surface area contributed by atoms with Crippen molar-refractivity contribution in [1.29, 1.82) is 0 Å². The molecular weight excluding hydrogens is 264 g/mol. The standard InChI is InChI=1S/C16H20N4O/c1-2-6-20-9-10-7-16(20,8-10)15-18-12-5-3-4-11(14(17)21)13(12)19-15/h3-5,10H,2,6-9H2,1H3,(H2,17,21)(H,18,19). The Balaban J connectivity index is 1.81. The van der Waals surface area contributed by atoms with Gasteiger partial charge in [-0.1, -0.05) is 13.0 Å². The van der Waals surface area contributed by atoms with Crippen LogP contribution in [0.5, 0.6) is 0 Å². The molecule has 2 aliphatic heterocycles. The molecule has 0 unspecified atom stereocenters. The molecule has 0 spiro atoms. The van der Waals surface area contributed by atoms with Crippen molar-refractivity contribution in [3.63, 3.8) is 0 Å². The average molecular weight is 284 g/mol. The Morgan fingerprint density at radius 2 is 2.33 bits per heavy atom. The molecule has 1 aromatic carbocycles. The normalized spacial score (nSPS) is 28.0. The number of H-pyrrole nitrogens is 1. The van der Waals surface area contributed by atoms with Crippen LogP contribution in [0.1, 0.15) is 42.4 Å². The van der Waals surface area contributed by atoms with Crippen LogP contribution in [0.15, 0.2) is 18.2 Å². The van der Waals surface area contributed by atoms with Gasteiger partial charge >= 0.3 is 0 Å². The highest BCUT2D eigenvalue weighted by molar-refractivity contribution is 6.04. The van der Waals surface area contributed by atoms with Gasteiger partial charge in [0.05, 0.1) is 16.6 Å². The minimum absolute atomic E-state index is 0.0641. The molecule has 3 heterocycles. The molecule has 2 aromatic rings. The summed E-state index contributed by atoms with van der Waals surface area (Å²) in [4.78, 5) is 22.3. The Morgan fingerprint density at radius 1 is 1.52 bits per heavy atom. The number of aromatic nitrogens is 2. The third-order valence-corrected chi connectivity index (χ3v) is 5.05. The molecule has 3 N–H and O–H groups in total. The summed E-state index contributed by atoms with van der Waals surface area (Å²) in [5.74, 6) is 1.40. The van der Waals surface area contributed by atoms with E-state index >= 15 is 0 Å². The van der Waals surface area contributed by atoms with Gasteiger partial charge in [-0.05, 0) is 43.9 Å². The van der Waals surface area contributed by atoms with Crippen molar-refractivity contribution >= 4 is 16.9 Å². The number of nitrogens with two attached hydrogens (primary N) is 1. The molecule has 1 saturated carbocycles. The number of para-hydroxylation sites is 1. The van der Waals surface area contributed by atoms with Gasteiger partial charge in [-0.25, -0.2) is 4.98 Å². The predicted octanol–water partition coefficient (Wildman–Crippen LogP) is 1.99. The van der Waals surface area contributed by atoms with Gasteiger partial charge in [0.1, 0.15) is 11.3 Å². The van der Waals surface area contributed by atoms with Crippen LogP contribution in [-0.2, 0) is 5.54 Å². The second kappa shape index (κ2) is 4.31. The quantitative estimate of drug-likeness (QED) is 0.901. The van der Waals surface area contributed by atoms with Crippen LogP contribution in [0.4, 0.5) is 0 Å². The summed E-state index contributed by atoms with van der Waals surface area (Å²) in [6.07, 6.45) is 3.51. The average Bonchev–Trinajstić information content (AvgIpc) is 3.06. The van der Waals surface area contributed by atoms with Gasteiger partial charge in [0.25, 0.3) is 5.91 Å². The number of primary amides is 1. The first-order valence-corrected chi connectivity index (χ1v) is 7.68. The highest BCUT2D eigenvalue weighted by Gasteiger charge is 2.58. The van der Waals surface area contributed by atoms with E-state index in [1.165, 1.54) is 19.4 Å². The molecule has 5 nitrogen and oxygen atoms in total. The fourth-order valence-corrected chi connectivity index (χ4v) is 4.14. The number of imidazole rings is 1. The minimum atomic E-state index is -0.417. The van der Waals surface area contributed by atoms with Crippen LogP contribution < -0.4 is 5.73 Å². The maximum atomic E-state index is 11.6. The zero-order valence-corrected chi connectivity index (χ0v) is 12.2. The van der Waals surface area contributed by atoms with Crippen molar-refractivity contribution in [2.24, 2.45) is 11.7 Å². The highest BCUT2D eigenvalue weighted by atomic mass is 16.1. The number of aromatic amines is 1. The predicted molar refractivity (Wildman–Crippen MR) is 80.9 cm³/mol. The number of hydrogen-bond donors (Lipinski definition) is 2. The van der Waals surface area contributed by atoms with Crippen molar-refractivity contribution in [2.45, 2.75) is 31.7 Å². The molecular formula is C16H20N4O. The van der Waals surface area contributed by atoms with E-state index in [0.717, 1.165) is 30.2 Å². The molecule has 2 bridgehead atoms. The van der Waals surface area contributed by atoms with E-state index in [0.29, 0.717) is 11.1 Å². The van der Waals surface area contributed by atoms with Gasteiger partial charge in [0, 0.05) is 6.54 Å². The smallest absolute Gasteiger partial charge is 0.250 e. The number of carbonyl (C=O) groups excluding carboxylic acids is 1. The Kier molecular flexibility index (Phi) is 2.63. The first-order valence-electron chi connectivity index (χ1n) is 7.68. The fourth-order valence-electron chi connectivity index (χ4n) is 4.14. The number of amides is 1. The number of nitrogens with one attached hydrogen (secondary N) is 1. The maximum absolute atomic E-state index is 11.6. The SMILES string of the molecule is CCCN1CC2CC1(c1nc3c(C(N)=O)cccc3[nH]1)C2. The molecule has 5 rings (SSSR count). The van der Waals surface area contributed by atoms with Crippen LogP contribution in [-0.4, -0.2) is 33.9 Å². The van der Waals surface area contributed by atoms with Gasteiger partial charge in [0.15, 0.2) is 0 Å². The van der Waals surface area contributed by atoms with Crippen LogP contribution in [0.3, 0.4) is 0 Å². The number of carbonyl (C=O) groups is 1. The minimum Gasteiger partial charge on any atom is -0.366 e. The van der Waals surface area contributed by atoms with E-state index in [-0.39, 0.29) is 5.54 Å². The number of fused-ring (bicyclic) bond motifs is 2. The molecule has 0 radical (unpaired) electrons. The molecule has 3 aliphatic rings. The lowest BCUT2D eigenvalue weighted by atomic mass is 9.72. The van der Waals surface area contributed by atoms with Crippen LogP contribution in [0.2, 0.25) is 0 Å². The van der Waals surface area contributed by atoms with E-state index in [1.807, 2.05) is 12.1 Å². The van der Waals surface area contributed by atoms with Crippen molar-refractivity contribution < 1.29 is 4.79 Å². The van der Waals surface area contributed by atoms with Crippen molar-refractivity contribution in [3.8, 4) is 0 Å². The molecule has 1 amide bonds. The third kappa shape index (κ3) is 1.67. The number of nitrogens with zero attached hydrogens (tertiary/aromatic N) is 2. The molecule has 2 saturated heterocycles. The van der Waals surface area contributed by atoms with Gasteiger partial charge in [-0.3, -0.25) is 9.69 Å². The maximum Gasteiger partial charge on any atom is 0.250 e. The van der Waals surface area contributed by atoms with Gasteiger partial charge in [0.2, 0.25) is 0 Å². The first kappa shape index (κ1) is 12.8. The summed E-state index contributed by atoms with van der Waals surface area (Å²) in [6.45, 7) is 4.50. The van der Waals surface area contributed by atoms with Crippen molar-refractivity contribution in [1.82, 2.24) is 14.9 Å². The van der Waals surface area contributed by atoms with E-state index < -0.39 is 5.91 Å². The topological polar surface area (TPSA) is 75.0 Å². The lowest BCUT2D eigenvalue weighted by Crippen LogP contribution is -2.44. The lowest BCUT2D eigenvalue weighted by Gasteiger charge is -2.40. The zero-order valence-electron chi connectivity index (χ0n) is 12.2. The molecule has 5 heteroatoms. The van der Waals surface area contributed by atoms with Gasteiger partial charge in [-0.2, -0.15) is 0 Å². The number of rotatable bonds is 4. The third-order valence-electron chi connectivity index (χ3n) is 5.05. The molecule has 1 aromatic heterocycles. The molecule has 21 heavy (non-hydrogen) atoms. The number of hydrogen-bond acceptors (Lipinski definition) is 3. The summed E-state index contributed by atoms with van der Waals surface area (Å²) < 4.78 is 0. The Hall–Kier alpha value is -1.88. The Labute approximate surface area is 123 Å². The van der Waals surface area contributed by atoms with Crippen molar-refractivity contribution in [2.75, 3.05) is 13.1 Å². The largest absolute Gasteiger partial charge is 0.366 e. The van der Waals surface area contributed by atoms with E-state index in [4.69, 9.17) is 10.7 Å². The molecule has 1 aliphatic carbocycles. The molecule has 3 fully saturated rings. The Bertz CT molecular complexity index is 714. The highest BCUT2D eigenvalue weighted by Crippen LogP contribution is 2.56. The van der Waals surface area contributed by atoms with Crippen LogP contribution >= 0.6 is 0 Å². The van der Waals surface area contributed by atoms with Crippen LogP contribution in [0.25, 0.3) is 11.0 Å². The summed E-state index contributed by atoms with van der Waals surface area (Å²) in [5, 5.41) is 0. The van der Waals surface area contributed by atoms with Gasteiger partial charge < -0.3 is 10.7 Å². The van der Waals surface area contributed by atoms with Crippen LogP contribution in [0, 0.1) is 5.92 Å². The number of benzene rings is 1. The fraction of sp³-hybridized carbons (Fsp3) is 0.500. The van der Waals surface area contributed by atoms with E-state index in [9.17, 15) is 4.79 Å². The first-order chi connectivity index (χ1) is 10.1. The second-order valence-electron chi connectivity index (χ2n) is 6.40. The van der Waals surface area contributed by atoms with E-state index in [2.05, 4.69) is 16.8 Å². The zero-order chi connectivity index (χ0) is 14.6. The summed E-state index contributed by atoms with van der Waals surface area (Å²) in [5.41, 5.74) is 7.64. The summed E-state index contributed by atoms with van der Waals surface area (Å²) in [6, 6.07) is 5.56. The molecule has 110 valence electrons. The monoisotopic (exact) mass is 284 g/mol. The lowest BCUT2D eigenvalue weighted by molar-refractivity contribution is 0.0970. The second-order valence-corrected chi connectivity index (χ2v) is 6.40. The Morgan fingerprint density at radius 3 is 3.05 bits per heavy atom. The summed E-state index contributed by atoms with van der Waals surface area (Å²) in [7, 11) is 0.